The number of hydrogen-bond donors (Lipinski definition) is 0. The Bertz CT molecular complexity index is 3070. The van der Waals surface area contributed by atoms with E-state index in [0.717, 1.165) is 56.5 Å². The summed E-state index contributed by atoms with van der Waals surface area (Å²) in [4.78, 5) is 35.2. The summed E-state index contributed by atoms with van der Waals surface area (Å²) >= 11 is 0. The highest BCUT2D eigenvalue weighted by atomic mass is 15.0. The molecule has 6 aromatic carbocycles. The first kappa shape index (κ1) is 37.1. The predicted molar refractivity (Wildman–Crippen MR) is 252 cm³/mol. The Morgan fingerprint density at radius 1 is 0.328 bits per heavy atom. The van der Waals surface area contributed by atoms with Gasteiger partial charge in [0.1, 0.15) is 0 Å². The molecular weight excluding hydrogens is 783 g/mol. The summed E-state index contributed by atoms with van der Waals surface area (Å²) in [6.07, 6.45) is 8.53. The zero-order chi connectivity index (χ0) is 42.2. The third-order valence-electron chi connectivity index (χ3n) is 14.6. The molecule has 7 nitrogen and oxygen atoms in total. The van der Waals surface area contributed by atoms with Gasteiger partial charge in [-0.1, -0.05) is 146 Å². The van der Waals surface area contributed by atoms with E-state index in [9.17, 15) is 0 Å². The first-order chi connectivity index (χ1) is 31.6. The molecule has 0 amide bonds. The minimum absolute atomic E-state index is 0.0347. The third kappa shape index (κ3) is 6.05. The molecule has 1 spiro atoms. The first-order valence-corrected chi connectivity index (χ1v) is 22.6. The highest BCUT2D eigenvalue weighted by Gasteiger charge is 2.61. The summed E-state index contributed by atoms with van der Waals surface area (Å²) < 4.78 is 0. The van der Waals surface area contributed by atoms with E-state index in [-0.39, 0.29) is 5.41 Å². The van der Waals surface area contributed by atoms with Gasteiger partial charge in [-0.3, -0.25) is 4.98 Å². The summed E-state index contributed by atoms with van der Waals surface area (Å²) in [5, 5.41) is 0. The molecule has 0 saturated heterocycles. The maximum Gasteiger partial charge on any atom is 0.165 e. The average molecular weight is 826 g/mol. The molecule has 4 saturated carbocycles. The molecular formula is C57H43N7. The number of aromatic nitrogens is 7. The van der Waals surface area contributed by atoms with Crippen LogP contribution in [-0.2, 0) is 5.41 Å². The standard InChI is InChI=1S/C57H43N7/c1-5-13-37(14-6-1)51-59-52(38-15-7-2-8-16-38)62-55(61-51)42-21-24-46-47-32-41(22-25-48(47)57(49(46)33-42)44-28-35-27-36(30-44)31-45(57)29-35)50-26-23-43(34-58-50)56-63-53(39-17-9-3-10-18-39)60-54(64-56)40-19-11-4-12-20-40/h1-26,32-36,44-45H,27-31H2. The van der Waals surface area contributed by atoms with Gasteiger partial charge in [0.25, 0.3) is 0 Å². The van der Waals surface area contributed by atoms with Crippen LogP contribution in [0.4, 0.5) is 0 Å². The smallest absolute Gasteiger partial charge is 0.165 e. The molecule has 3 aromatic heterocycles. The largest absolute Gasteiger partial charge is 0.255 e. The summed E-state index contributed by atoms with van der Waals surface area (Å²) in [5.74, 6) is 6.85. The third-order valence-corrected chi connectivity index (χ3v) is 14.6. The fourth-order valence-electron chi connectivity index (χ4n) is 12.1. The van der Waals surface area contributed by atoms with Gasteiger partial charge < -0.3 is 0 Å². The van der Waals surface area contributed by atoms with Gasteiger partial charge in [0.2, 0.25) is 0 Å². The van der Waals surface area contributed by atoms with E-state index in [1.165, 1.54) is 54.4 Å². The van der Waals surface area contributed by atoms with Crippen molar-refractivity contribution < 1.29 is 0 Å². The van der Waals surface area contributed by atoms with E-state index >= 15 is 0 Å². The van der Waals surface area contributed by atoms with Crippen molar-refractivity contribution in [1.82, 2.24) is 34.9 Å². The van der Waals surface area contributed by atoms with Crippen LogP contribution in [0.15, 0.2) is 176 Å². The van der Waals surface area contributed by atoms with Crippen LogP contribution < -0.4 is 0 Å². The lowest BCUT2D eigenvalue weighted by Crippen LogP contribution is -2.55. The molecule has 0 atom stereocenters. The molecule has 5 aliphatic rings. The van der Waals surface area contributed by atoms with Gasteiger partial charge in [0.05, 0.1) is 5.69 Å². The van der Waals surface area contributed by atoms with Crippen LogP contribution in [0.5, 0.6) is 0 Å². The molecule has 64 heavy (non-hydrogen) atoms. The Hall–Kier alpha value is -7.51. The van der Waals surface area contributed by atoms with Crippen molar-refractivity contribution in [3.8, 4) is 90.7 Å². The molecule has 7 heteroatoms. The molecule has 9 aromatic rings. The number of rotatable bonds is 7. The molecule has 0 N–H and O–H groups in total. The lowest BCUT2D eigenvalue weighted by Gasteiger charge is -2.61. The van der Waals surface area contributed by atoms with E-state index in [1.807, 2.05) is 103 Å². The van der Waals surface area contributed by atoms with Crippen molar-refractivity contribution in [2.24, 2.45) is 23.7 Å². The summed E-state index contributed by atoms with van der Waals surface area (Å²) in [6.45, 7) is 0. The van der Waals surface area contributed by atoms with Crippen LogP contribution >= 0.6 is 0 Å². The number of nitrogens with zero attached hydrogens (tertiary/aromatic N) is 7. The second kappa shape index (κ2) is 14.8. The molecule has 0 radical (unpaired) electrons. The normalized spacial score (nSPS) is 21.2. The van der Waals surface area contributed by atoms with Crippen LogP contribution in [-0.4, -0.2) is 34.9 Å². The van der Waals surface area contributed by atoms with Crippen LogP contribution in [0.2, 0.25) is 0 Å². The van der Waals surface area contributed by atoms with Gasteiger partial charge in [-0.05, 0) is 102 Å². The van der Waals surface area contributed by atoms with E-state index in [1.54, 1.807) is 0 Å². The number of pyridine rings is 1. The lowest BCUT2D eigenvalue weighted by molar-refractivity contribution is -0.0399. The van der Waals surface area contributed by atoms with Crippen molar-refractivity contribution >= 4 is 0 Å². The van der Waals surface area contributed by atoms with E-state index in [0.29, 0.717) is 46.8 Å². The Kier molecular flexibility index (Phi) is 8.58. The minimum atomic E-state index is -0.0347. The average Bonchev–Trinajstić information content (AvgIpc) is 3.65. The number of benzene rings is 6. The zero-order valence-electron chi connectivity index (χ0n) is 35.2. The Morgan fingerprint density at radius 2 is 0.750 bits per heavy atom. The van der Waals surface area contributed by atoms with E-state index in [2.05, 4.69) is 72.8 Å². The van der Waals surface area contributed by atoms with Gasteiger partial charge in [0, 0.05) is 50.6 Å². The van der Waals surface area contributed by atoms with Crippen LogP contribution in [0.3, 0.4) is 0 Å². The van der Waals surface area contributed by atoms with Crippen LogP contribution in [0.1, 0.15) is 43.2 Å². The van der Waals surface area contributed by atoms with E-state index in [4.69, 9.17) is 34.9 Å². The lowest BCUT2D eigenvalue weighted by atomic mass is 9.43. The zero-order valence-corrected chi connectivity index (χ0v) is 35.2. The quantitative estimate of drug-likeness (QED) is 0.158. The molecule has 0 unspecified atom stereocenters. The summed E-state index contributed by atoms with van der Waals surface area (Å²) in [6, 6.07) is 59.1. The van der Waals surface area contributed by atoms with Gasteiger partial charge in [0.15, 0.2) is 34.9 Å². The van der Waals surface area contributed by atoms with Gasteiger partial charge in [-0.15, -0.1) is 0 Å². The monoisotopic (exact) mass is 825 g/mol. The van der Waals surface area contributed by atoms with Crippen molar-refractivity contribution in [2.75, 3.05) is 0 Å². The molecule has 4 bridgehead atoms. The number of fused-ring (bicyclic) bond motifs is 3. The van der Waals surface area contributed by atoms with Crippen molar-refractivity contribution in [3.63, 3.8) is 0 Å². The highest BCUT2D eigenvalue weighted by Crippen LogP contribution is 2.69. The van der Waals surface area contributed by atoms with Crippen molar-refractivity contribution in [2.45, 2.75) is 37.5 Å². The molecule has 14 rings (SSSR count). The number of hydrogen-bond acceptors (Lipinski definition) is 7. The van der Waals surface area contributed by atoms with Crippen molar-refractivity contribution in [3.05, 3.63) is 187 Å². The Balaban J connectivity index is 0.914. The van der Waals surface area contributed by atoms with Gasteiger partial charge in [-0.2, -0.15) is 0 Å². The minimum Gasteiger partial charge on any atom is -0.255 e. The molecule has 5 aliphatic carbocycles. The second-order valence-electron chi connectivity index (χ2n) is 18.2. The van der Waals surface area contributed by atoms with Crippen molar-refractivity contribution in [1.29, 1.82) is 0 Å². The van der Waals surface area contributed by atoms with Crippen LogP contribution in [0.25, 0.3) is 90.7 Å². The Labute approximate surface area is 372 Å². The fourth-order valence-corrected chi connectivity index (χ4v) is 12.1. The summed E-state index contributed by atoms with van der Waals surface area (Å²) in [7, 11) is 0. The predicted octanol–water partition coefficient (Wildman–Crippen LogP) is 12.8. The van der Waals surface area contributed by atoms with Gasteiger partial charge >= 0.3 is 0 Å². The second-order valence-corrected chi connectivity index (χ2v) is 18.2. The highest BCUT2D eigenvalue weighted by molar-refractivity contribution is 5.87. The maximum absolute atomic E-state index is 5.18. The Morgan fingerprint density at radius 3 is 1.20 bits per heavy atom. The summed E-state index contributed by atoms with van der Waals surface area (Å²) in [5.41, 5.74) is 13.3. The first-order valence-electron chi connectivity index (χ1n) is 22.6. The SMILES string of the molecule is c1ccc(-c2nc(-c3ccccc3)nc(-c3ccc(-c4ccc5c(c4)-c4ccc(-c6nc(-c7ccccc7)nc(-c7ccccc7)n6)cc4C54C5CC6CC(C5)CC4C6)nc3)n2)cc1. The molecule has 4 fully saturated rings. The molecule has 3 heterocycles. The molecule has 0 aliphatic heterocycles. The topological polar surface area (TPSA) is 90.2 Å². The fraction of sp³-hybridized carbons (Fsp3) is 0.175. The van der Waals surface area contributed by atoms with E-state index < -0.39 is 0 Å². The van der Waals surface area contributed by atoms with Gasteiger partial charge in [-0.25, -0.2) is 29.9 Å². The maximum atomic E-state index is 5.18. The van der Waals surface area contributed by atoms with Crippen LogP contribution in [0, 0.1) is 23.7 Å². The molecule has 306 valence electrons.